The number of rotatable bonds is 6. The number of ether oxygens (including phenoxy) is 4. The highest BCUT2D eigenvalue weighted by Gasteiger charge is 2.43. The monoisotopic (exact) mass is 512 g/mol. The summed E-state index contributed by atoms with van der Waals surface area (Å²) in [6, 6.07) is 17.0. The highest BCUT2D eigenvalue weighted by Crippen LogP contribution is 2.38. The molecule has 0 N–H and O–H groups in total. The lowest BCUT2D eigenvalue weighted by atomic mass is 10.0. The van der Waals surface area contributed by atoms with Gasteiger partial charge in [0.05, 0.1) is 17.2 Å². The summed E-state index contributed by atoms with van der Waals surface area (Å²) in [4.78, 5) is 25.3. The molecule has 2 aromatic carbocycles. The molecule has 1 fully saturated rings. The fourth-order valence-electron chi connectivity index (χ4n) is 3.25. The van der Waals surface area contributed by atoms with Gasteiger partial charge in [0.15, 0.2) is 6.10 Å². The van der Waals surface area contributed by atoms with Crippen molar-refractivity contribution >= 4 is 46.7 Å². The van der Waals surface area contributed by atoms with Gasteiger partial charge in [-0.15, -0.1) is 0 Å². The van der Waals surface area contributed by atoms with E-state index in [2.05, 4.69) is 0 Å². The number of esters is 2. The number of benzene rings is 2. The fraction of sp³-hybridized carbons (Fsp3) is 0.333. The Balaban J connectivity index is 1.79. The lowest BCUT2D eigenvalue weighted by Crippen LogP contribution is -2.50. The Kier molecular flexibility index (Phi) is 8.65. The predicted octanol–water partition coefficient (Wildman–Crippen LogP) is 5.86. The molecule has 1 aliphatic heterocycles. The van der Waals surface area contributed by atoms with Gasteiger partial charge in [0.1, 0.15) is 11.9 Å². The van der Waals surface area contributed by atoms with Gasteiger partial charge in [-0.3, -0.25) is 0 Å². The Morgan fingerprint density at radius 3 is 1.82 bits per heavy atom. The lowest BCUT2D eigenvalue weighted by molar-refractivity contribution is -0.247. The van der Waals surface area contributed by atoms with E-state index in [1.54, 1.807) is 74.5 Å². The van der Waals surface area contributed by atoms with Crippen LogP contribution in [0.2, 0.25) is 0 Å². The fourth-order valence-corrected chi connectivity index (χ4v) is 3.71. The highest BCUT2D eigenvalue weighted by molar-refractivity contribution is 6.69. The van der Waals surface area contributed by atoms with E-state index in [4.69, 9.17) is 53.8 Å². The van der Waals surface area contributed by atoms with Crippen LogP contribution in [0.5, 0.6) is 0 Å². The maximum atomic E-state index is 12.7. The molecule has 9 heteroatoms. The number of alkyl halides is 3. The van der Waals surface area contributed by atoms with Gasteiger partial charge in [-0.25, -0.2) is 9.59 Å². The summed E-state index contributed by atoms with van der Waals surface area (Å²) in [6.45, 7) is 3.36. The SMILES string of the molecule is CC=C(OC1OC(C)C(OC(=O)c2ccccc2)CC1OC(=O)c1ccccc1)C(Cl)(Cl)Cl. The molecular formula is C24H23Cl3O6. The Bertz CT molecular complexity index is 975. The Morgan fingerprint density at radius 1 is 0.879 bits per heavy atom. The molecule has 0 spiro atoms. The molecule has 1 aliphatic rings. The van der Waals surface area contributed by atoms with E-state index in [1.165, 1.54) is 6.08 Å². The molecule has 2 aromatic rings. The van der Waals surface area contributed by atoms with E-state index in [1.807, 2.05) is 0 Å². The van der Waals surface area contributed by atoms with Gasteiger partial charge in [0.25, 0.3) is 0 Å². The summed E-state index contributed by atoms with van der Waals surface area (Å²) >= 11 is 17.9. The van der Waals surface area contributed by atoms with Crippen molar-refractivity contribution in [2.75, 3.05) is 0 Å². The largest absolute Gasteiger partial charge is 0.461 e. The third-order valence-corrected chi connectivity index (χ3v) is 5.52. The van der Waals surface area contributed by atoms with Crippen molar-refractivity contribution in [1.82, 2.24) is 0 Å². The van der Waals surface area contributed by atoms with Crippen LogP contribution < -0.4 is 0 Å². The van der Waals surface area contributed by atoms with Crippen molar-refractivity contribution in [3.05, 3.63) is 83.6 Å². The Morgan fingerprint density at radius 2 is 1.36 bits per heavy atom. The molecule has 1 heterocycles. The van der Waals surface area contributed by atoms with Gasteiger partial charge in [-0.05, 0) is 44.2 Å². The van der Waals surface area contributed by atoms with Gasteiger partial charge in [-0.2, -0.15) is 0 Å². The Labute approximate surface area is 207 Å². The second-order valence-corrected chi connectivity index (χ2v) is 9.61. The first-order valence-electron chi connectivity index (χ1n) is 10.3. The summed E-state index contributed by atoms with van der Waals surface area (Å²) < 4.78 is 21.2. The molecule has 1 saturated heterocycles. The maximum absolute atomic E-state index is 12.7. The van der Waals surface area contributed by atoms with Crippen LogP contribution in [0.3, 0.4) is 0 Å². The summed E-state index contributed by atoms with van der Waals surface area (Å²) in [5.74, 6) is -1.08. The number of allylic oxidation sites excluding steroid dienone is 2. The second kappa shape index (κ2) is 11.3. The first kappa shape index (κ1) is 25.4. The van der Waals surface area contributed by atoms with Crippen LogP contribution in [0, 0.1) is 0 Å². The van der Waals surface area contributed by atoms with Crippen molar-refractivity contribution in [1.29, 1.82) is 0 Å². The van der Waals surface area contributed by atoms with Gasteiger partial charge >= 0.3 is 11.9 Å². The summed E-state index contributed by atoms with van der Waals surface area (Å²) in [5.41, 5.74) is 0.744. The number of halogens is 3. The second-order valence-electron chi connectivity index (χ2n) is 7.33. The zero-order valence-electron chi connectivity index (χ0n) is 18.0. The molecule has 6 nitrogen and oxygen atoms in total. The van der Waals surface area contributed by atoms with Crippen LogP contribution in [0.4, 0.5) is 0 Å². The van der Waals surface area contributed by atoms with Crippen molar-refractivity contribution in [3.8, 4) is 0 Å². The smallest absolute Gasteiger partial charge is 0.338 e. The minimum atomic E-state index is -1.84. The summed E-state index contributed by atoms with van der Waals surface area (Å²) in [6.07, 6.45) is -1.69. The molecule has 0 amide bonds. The summed E-state index contributed by atoms with van der Waals surface area (Å²) in [5, 5.41) is 0. The van der Waals surface area contributed by atoms with Gasteiger partial charge < -0.3 is 18.9 Å². The standard InChI is InChI=1S/C24H23Cl3O6/c1-3-20(24(25,26)27)33-23-19(32-22(29)17-12-8-5-9-13-17)14-18(15(2)30-23)31-21(28)16-10-6-4-7-11-16/h3-13,15,18-19,23H,14H2,1-2H3. The highest BCUT2D eigenvalue weighted by atomic mass is 35.6. The molecule has 0 aromatic heterocycles. The molecule has 33 heavy (non-hydrogen) atoms. The molecule has 0 bridgehead atoms. The van der Waals surface area contributed by atoms with Crippen molar-refractivity contribution in [2.24, 2.45) is 0 Å². The molecule has 4 atom stereocenters. The molecule has 3 rings (SSSR count). The number of carbonyl (C=O) groups excluding carboxylic acids is 2. The Hall–Kier alpha value is -2.25. The van der Waals surface area contributed by atoms with Crippen molar-refractivity contribution < 1.29 is 28.5 Å². The number of hydrogen-bond donors (Lipinski definition) is 0. The quantitative estimate of drug-likeness (QED) is 0.274. The van der Waals surface area contributed by atoms with E-state index < -0.39 is 40.3 Å². The first-order chi connectivity index (χ1) is 15.7. The first-order valence-corrected chi connectivity index (χ1v) is 11.4. The maximum Gasteiger partial charge on any atom is 0.338 e. The van der Waals surface area contributed by atoms with Gasteiger partial charge in [-0.1, -0.05) is 71.2 Å². The molecule has 4 unspecified atom stereocenters. The van der Waals surface area contributed by atoms with E-state index in [0.717, 1.165) is 0 Å². The average Bonchev–Trinajstić information content (AvgIpc) is 2.80. The third kappa shape index (κ3) is 6.87. The minimum absolute atomic E-state index is 0.0187. The van der Waals surface area contributed by atoms with Crippen LogP contribution in [0.15, 0.2) is 72.5 Å². The summed E-state index contributed by atoms with van der Waals surface area (Å²) in [7, 11) is 0. The van der Waals surface area contributed by atoms with Gasteiger partial charge in [0, 0.05) is 6.42 Å². The van der Waals surface area contributed by atoms with Crippen molar-refractivity contribution in [3.63, 3.8) is 0 Å². The zero-order valence-corrected chi connectivity index (χ0v) is 20.2. The number of carbonyl (C=O) groups is 2. The molecule has 0 saturated carbocycles. The predicted molar refractivity (Wildman–Crippen MR) is 125 cm³/mol. The van der Waals surface area contributed by atoms with E-state index >= 15 is 0 Å². The van der Waals surface area contributed by atoms with Crippen LogP contribution >= 0.6 is 34.8 Å². The molecule has 176 valence electrons. The van der Waals surface area contributed by atoms with E-state index in [9.17, 15) is 9.59 Å². The lowest BCUT2D eigenvalue weighted by Gasteiger charge is -2.39. The van der Waals surface area contributed by atoms with Gasteiger partial charge in [0.2, 0.25) is 10.1 Å². The van der Waals surface area contributed by atoms with Crippen LogP contribution in [0.1, 0.15) is 41.0 Å². The molecule has 0 radical (unpaired) electrons. The number of hydrogen-bond acceptors (Lipinski definition) is 6. The third-order valence-electron chi connectivity index (χ3n) is 4.96. The van der Waals surface area contributed by atoms with E-state index in [0.29, 0.717) is 11.1 Å². The van der Waals surface area contributed by atoms with E-state index in [-0.39, 0.29) is 12.2 Å². The van der Waals surface area contributed by atoms with Crippen LogP contribution in [-0.4, -0.2) is 40.3 Å². The normalized spacial score (nSPS) is 23.5. The average molecular weight is 514 g/mol. The molecule has 0 aliphatic carbocycles. The van der Waals surface area contributed by atoms with Crippen LogP contribution in [-0.2, 0) is 18.9 Å². The molecular weight excluding hydrogens is 491 g/mol. The minimum Gasteiger partial charge on any atom is -0.461 e. The zero-order chi connectivity index (χ0) is 24.0. The van der Waals surface area contributed by atoms with Crippen molar-refractivity contribution in [2.45, 2.75) is 48.7 Å². The topological polar surface area (TPSA) is 71.1 Å². The van der Waals surface area contributed by atoms with Crippen LogP contribution in [0.25, 0.3) is 0 Å².